The Kier molecular flexibility index (Phi) is 4.65. The van der Waals surface area contributed by atoms with E-state index in [0.29, 0.717) is 11.8 Å². The maximum atomic E-state index is 5.74. The Hall–Kier alpha value is -0.320. The number of hydrogen-bond acceptors (Lipinski definition) is 3. The van der Waals surface area contributed by atoms with Gasteiger partial charge in [-0.3, -0.25) is 0 Å². The Balaban J connectivity index is 2.47. The zero-order valence-electron chi connectivity index (χ0n) is 8.13. The second-order valence-corrected chi connectivity index (χ2v) is 4.31. The molecule has 0 aliphatic carbocycles. The van der Waals surface area contributed by atoms with Crippen LogP contribution in [0.1, 0.15) is 0 Å². The molecule has 0 unspecified atom stereocenters. The van der Waals surface area contributed by atoms with Gasteiger partial charge in [0.05, 0.1) is 10.7 Å². The highest BCUT2D eigenvalue weighted by Gasteiger charge is 2.01. The van der Waals surface area contributed by atoms with Crippen molar-refractivity contribution in [1.82, 2.24) is 9.88 Å². The number of likely N-dealkylation sites (N-methyl/N-ethyl adjacent to an activating group) is 1. The number of halogens is 2. The van der Waals surface area contributed by atoms with E-state index in [-0.39, 0.29) is 0 Å². The van der Waals surface area contributed by atoms with Gasteiger partial charge >= 0.3 is 0 Å². The highest BCUT2D eigenvalue weighted by Crippen LogP contribution is 2.23. The average Bonchev–Trinajstić information content (AvgIpc) is 2.10. The molecule has 0 aliphatic heterocycles. The van der Waals surface area contributed by atoms with Gasteiger partial charge in [0.25, 0.3) is 0 Å². The summed E-state index contributed by atoms with van der Waals surface area (Å²) in [5, 5.41) is 0.449. The molecule has 1 aromatic heterocycles. The van der Waals surface area contributed by atoms with Crippen LogP contribution in [0.4, 0.5) is 0 Å². The van der Waals surface area contributed by atoms with Gasteiger partial charge in [-0.15, -0.1) is 0 Å². The van der Waals surface area contributed by atoms with Crippen LogP contribution < -0.4 is 4.74 Å². The van der Waals surface area contributed by atoms with Crippen molar-refractivity contribution in [2.45, 2.75) is 0 Å². The minimum atomic E-state index is 0.449. The maximum absolute atomic E-state index is 5.74. The van der Waals surface area contributed by atoms with Gasteiger partial charge in [-0.2, -0.15) is 0 Å². The summed E-state index contributed by atoms with van der Waals surface area (Å²) in [5.41, 5.74) is 0. The van der Waals surface area contributed by atoms with Crippen LogP contribution in [0.15, 0.2) is 16.7 Å². The van der Waals surface area contributed by atoms with Crippen molar-refractivity contribution in [2.24, 2.45) is 0 Å². The third kappa shape index (κ3) is 3.82. The molecule has 0 aromatic carbocycles. The van der Waals surface area contributed by atoms with E-state index in [4.69, 9.17) is 16.3 Å². The Morgan fingerprint density at radius 1 is 1.57 bits per heavy atom. The number of rotatable bonds is 4. The molecule has 3 nitrogen and oxygen atoms in total. The van der Waals surface area contributed by atoms with Crippen LogP contribution in [0.5, 0.6) is 5.75 Å². The predicted octanol–water partition coefficient (Wildman–Crippen LogP) is 2.44. The summed E-state index contributed by atoms with van der Waals surface area (Å²) in [5.74, 6) is 0.725. The Bertz CT molecular complexity index is 307. The number of aromatic nitrogens is 1. The fourth-order valence-electron chi connectivity index (χ4n) is 0.829. The summed E-state index contributed by atoms with van der Waals surface area (Å²) in [4.78, 5) is 6.01. The molecule has 1 rings (SSSR count). The van der Waals surface area contributed by atoms with E-state index in [2.05, 4.69) is 25.8 Å². The molecule has 0 aliphatic rings. The van der Waals surface area contributed by atoms with E-state index in [1.165, 1.54) is 0 Å². The van der Waals surface area contributed by atoms with Crippen molar-refractivity contribution in [3.05, 3.63) is 21.9 Å². The van der Waals surface area contributed by atoms with Crippen LogP contribution in [-0.2, 0) is 0 Å². The molecule has 0 atom stereocenters. The van der Waals surface area contributed by atoms with E-state index in [0.717, 1.165) is 16.8 Å². The van der Waals surface area contributed by atoms with Crippen molar-refractivity contribution in [3.8, 4) is 5.75 Å². The predicted molar refractivity (Wildman–Crippen MR) is 61.0 cm³/mol. The van der Waals surface area contributed by atoms with E-state index < -0.39 is 0 Å². The summed E-state index contributed by atoms with van der Waals surface area (Å²) in [6, 6.07) is 1.81. The van der Waals surface area contributed by atoms with Gasteiger partial charge in [-0.1, -0.05) is 11.6 Å². The van der Waals surface area contributed by atoms with Crippen LogP contribution in [0, 0.1) is 0 Å². The quantitative estimate of drug-likeness (QED) is 0.792. The van der Waals surface area contributed by atoms with Crippen LogP contribution in [0.2, 0.25) is 5.15 Å². The largest absolute Gasteiger partial charge is 0.491 e. The van der Waals surface area contributed by atoms with E-state index in [9.17, 15) is 0 Å². The van der Waals surface area contributed by atoms with Crippen LogP contribution in [0.25, 0.3) is 0 Å². The summed E-state index contributed by atoms with van der Waals surface area (Å²) in [6.45, 7) is 1.52. The van der Waals surface area contributed by atoms with Gasteiger partial charge < -0.3 is 9.64 Å². The molecule has 0 saturated carbocycles. The first kappa shape index (κ1) is 11.8. The first-order valence-corrected chi connectivity index (χ1v) is 5.35. The lowest BCUT2D eigenvalue weighted by Crippen LogP contribution is -2.19. The molecule has 0 saturated heterocycles. The molecule has 0 spiro atoms. The number of pyridine rings is 1. The third-order valence-electron chi connectivity index (χ3n) is 1.58. The van der Waals surface area contributed by atoms with Crippen molar-refractivity contribution >= 4 is 27.5 Å². The van der Waals surface area contributed by atoms with Gasteiger partial charge in [-0.25, -0.2) is 4.98 Å². The molecule has 0 radical (unpaired) electrons. The standard InChI is InChI=1S/C9H12BrClN2O/c1-13(2)3-4-14-7-5-8(10)9(11)12-6-7/h5-6H,3-4H2,1-2H3. The molecule has 0 N–H and O–H groups in total. The Labute approximate surface area is 97.2 Å². The second kappa shape index (κ2) is 5.53. The molecule has 0 fully saturated rings. The zero-order valence-corrected chi connectivity index (χ0v) is 10.5. The molecule has 1 heterocycles. The number of hydrogen-bond donors (Lipinski definition) is 0. The molecule has 1 aromatic rings. The van der Waals surface area contributed by atoms with Gasteiger partial charge in [0.2, 0.25) is 0 Å². The second-order valence-electron chi connectivity index (χ2n) is 3.10. The SMILES string of the molecule is CN(C)CCOc1cnc(Cl)c(Br)c1. The van der Waals surface area contributed by atoms with Crippen molar-refractivity contribution < 1.29 is 4.74 Å². The van der Waals surface area contributed by atoms with Gasteiger partial charge in [0.1, 0.15) is 17.5 Å². The molecule has 0 amide bonds. The van der Waals surface area contributed by atoms with Gasteiger partial charge in [0.15, 0.2) is 0 Å². The average molecular weight is 280 g/mol. The molecular formula is C9H12BrClN2O. The lowest BCUT2D eigenvalue weighted by Gasteiger charge is -2.10. The normalized spacial score (nSPS) is 10.6. The number of nitrogens with zero attached hydrogens (tertiary/aromatic N) is 2. The summed E-state index contributed by atoms with van der Waals surface area (Å²) >= 11 is 9.03. The fraction of sp³-hybridized carbons (Fsp3) is 0.444. The first-order chi connectivity index (χ1) is 6.59. The molecule has 14 heavy (non-hydrogen) atoms. The van der Waals surface area contributed by atoms with Gasteiger partial charge in [0, 0.05) is 6.54 Å². The zero-order chi connectivity index (χ0) is 10.6. The maximum Gasteiger partial charge on any atom is 0.143 e. The van der Waals surface area contributed by atoms with E-state index >= 15 is 0 Å². The minimum Gasteiger partial charge on any atom is -0.491 e. The summed E-state index contributed by atoms with van der Waals surface area (Å²) < 4.78 is 6.21. The van der Waals surface area contributed by atoms with Gasteiger partial charge in [-0.05, 0) is 36.1 Å². The number of ether oxygens (including phenoxy) is 1. The van der Waals surface area contributed by atoms with E-state index in [1.54, 1.807) is 6.20 Å². The Morgan fingerprint density at radius 3 is 2.86 bits per heavy atom. The highest BCUT2D eigenvalue weighted by molar-refractivity contribution is 9.10. The minimum absolute atomic E-state index is 0.449. The topological polar surface area (TPSA) is 25.4 Å². The van der Waals surface area contributed by atoms with Crippen LogP contribution in [-0.4, -0.2) is 37.1 Å². The molecule has 5 heteroatoms. The van der Waals surface area contributed by atoms with Crippen molar-refractivity contribution in [2.75, 3.05) is 27.2 Å². The van der Waals surface area contributed by atoms with Crippen LogP contribution >= 0.6 is 27.5 Å². The summed E-state index contributed by atoms with van der Waals surface area (Å²) in [6.07, 6.45) is 1.61. The third-order valence-corrected chi connectivity index (χ3v) is 2.71. The first-order valence-electron chi connectivity index (χ1n) is 4.18. The fourth-order valence-corrected chi connectivity index (χ4v) is 1.26. The molecular weight excluding hydrogens is 267 g/mol. The highest BCUT2D eigenvalue weighted by atomic mass is 79.9. The summed E-state index contributed by atoms with van der Waals surface area (Å²) in [7, 11) is 4.00. The van der Waals surface area contributed by atoms with Crippen LogP contribution in [0.3, 0.4) is 0 Å². The smallest absolute Gasteiger partial charge is 0.143 e. The molecule has 0 bridgehead atoms. The van der Waals surface area contributed by atoms with Crippen molar-refractivity contribution in [3.63, 3.8) is 0 Å². The monoisotopic (exact) mass is 278 g/mol. The lowest BCUT2D eigenvalue weighted by molar-refractivity contribution is 0.260. The van der Waals surface area contributed by atoms with Crippen molar-refractivity contribution in [1.29, 1.82) is 0 Å². The lowest BCUT2D eigenvalue weighted by atomic mass is 10.4. The molecule has 78 valence electrons. The van der Waals surface area contributed by atoms with E-state index in [1.807, 2.05) is 20.2 Å². The Morgan fingerprint density at radius 2 is 2.29 bits per heavy atom.